The number of carbonyl (C=O) groups excluding carboxylic acids is 4. The van der Waals surface area contributed by atoms with Crippen LogP contribution in [0.5, 0.6) is 0 Å². The van der Waals surface area contributed by atoms with Crippen molar-refractivity contribution in [1.82, 2.24) is 0 Å². The number of rotatable bonds is 11. The molecule has 41 heavy (non-hydrogen) atoms. The summed E-state index contributed by atoms with van der Waals surface area (Å²) >= 11 is 0. The first kappa shape index (κ1) is 27.4. The van der Waals surface area contributed by atoms with Gasteiger partial charge in [0.1, 0.15) is 0 Å². The second-order valence-electron chi connectivity index (χ2n) is 9.81. The van der Waals surface area contributed by atoms with Crippen LogP contribution in [0, 0.1) is 11.8 Å². The fourth-order valence-electron chi connectivity index (χ4n) is 5.27. The molecule has 5 aromatic rings. The largest absolute Gasteiger partial charge is 0.293 e. The van der Waals surface area contributed by atoms with E-state index in [9.17, 15) is 19.2 Å². The highest BCUT2D eigenvalue weighted by atomic mass is 16.2. The van der Waals surface area contributed by atoms with Crippen molar-refractivity contribution in [3.05, 3.63) is 179 Å². The van der Waals surface area contributed by atoms with E-state index in [4.69, 9.17) is 0 Å². The molecule has 0 radical (unpaired) electrons. The summed E-state index contributed by atoms with van der Waals surface area (Å²) in [7, 11) is 0. The number of hydrogen-bond donors (Lipinski definition) is 0. The highest BCUT2D eigenvalue weighted by molar-refractivity contribution is 6.21. The number of hydrogen-bond acceptors (Lipinski definition) is 4. The Morgan fingerprint density at radius 3 is 0.780 bits per heavy atom. The minimum absolute atomic E-state index is 0.334. The third kappa shape index (κ3) is 6.02. The smallest absolute Gasteiger partial charge is 0.174 e. The van der Waals surface area contributed by atoms with Gasteiger partial charge >= 0.3 is 0 Å². The van der Waals surface area contributed by atoms with Gasteiger partial charge in [0.15, 0.2) is 23.1 Å². The minimum atomic E-state index is -1.34. The molecular weight excluding hydrogens is 508 g/mol. The Labute approximate surface area is 239 Å². The van der Waals surface area contributed by atoms with E-state index in [1.165, 1.54) is 0 Å². The molecule has 0 heterocycles. The predicted octanol–water partition coefficient (Wildman–Crippen LogP) is 7.53. The summed E-state index contributed by atoms with van der Waals surface area (Å²) in [6.45, 7) is 0. The average Bonchev–Trinajstić information content (AvgIpc) is 3.06. The van der Waals surface area contributed by atoms with Crippen LogP contribution in [-0.4, -0.2) is 23.1 Å². The Bertz CT molecular complexity index is 1420. The van der Waals surface area contributed by atoms with Gasteiger partial charge in [0.25, 0.3) is 0 Å². The van der Waals surface area contributed by atoms with Gasteiger partial charge in [-0.15, -0.1) is 0 Å². The van der Waals surface area contributed by atoms with Crippen LogP contribution in [0.15, 0.2) is 152 Å². The van der Waals surface area contributed by atoms with E-state index in [0.717, 1.165) is 0 Å². The van der Waals surface area contributed by atoms with E-state index < -0.39 is 40.9 Å². The molecule has 0 fully saturated rings. The molecule has 200 valence electrons. The summed E-state index contributed by atoms with van der Waals surface area (Å²) in [5.41, 5.74) is 1.90. The second kappa shape index (κ2) is 12.8. The molecule has 0 aliphatic rings. The lowest BCUT2D eigenvalue weighted by Gasteiger charge is -2.32. The zero-order valence-corrected chi connectivity index (χ0v) is 22.3. The van der Waals surface area contributed by atoms with Crippen LogP contribution in [0.4, 0.5) is 0 Å². The molecule has 0 saturated carbocycles. The van der Waals surface area contributed by atoms with Gasteiger partial charge in [-0.05, 0) is 5.56 Å². The molecule has 0 aliphatic heterocycles. The van der Waals surface area contributed by atoms with Crippen molar-refractivity contribution in [2.24, 2.45) is 11.8 Å². The van der Waals surface area contributed by atoms with Crippen molar-refractivity contribution in [3.8, 4) is 0 Å². The van der Waals surface area contributed by atoms with Gasteiger partial charge < -0.3 is 0 Å². The molecule has 0 aromatic heterocycles. The lowest BCUT2D eigenvalue weighted by Crippen LogP contribution is -2.40. The maximum Gasteiger partial charge on any atom is 0.174 e. The lowest BCUT2D eigenvalue weighted by molar-refractivity contribution is 0.0692. The van der Waals surface area contributed by atoms with Crippen LogP contribution in [-0.2, 0) is 0 Å². The van der Waals surface area contributed by atoms with Crippen molar-refractivity contribution in [2.75, 3.05) is 0 Å². The highest BCUT2D eigenvalue weighted by Gasteiger charge is 2.46. The topological polar surface area (TPSA) is 68.3 Å². The van der Waals surface area contributed by atoms with Gasteiger partial charge in [-0.3, -0.25) is 19.2 Å². The molecule has 5 aromatic carbocycles. The molecule has 0 amide bonds. The van der Waals surface area contributed by atoms with Gasteiger partial charge in [-0.1, -0.05) is 152 Å². The summed E-state index contributed by atoms with van der Waals surface area (Å²) in [6, 6.07) is 43.2. The predicted molar refractivity (Wildman–Crippen MR) is 159 cm³/mol. The summed E-state index contributed by atoms with van der Waals surface area (Å²) in [5, 5.41) is 0. The van der Waals surface area contributed by atoms with E-state index >= 15 is 0 Å². The van der Waals surface area contributed by atoms with Crippen molar-refractivity contribution >= 4 is 23.1 Å². The Morgan fingerprint density at radius 1 is 0.317 bits per heavy atom. The molecule has 0 N–H and O–H groups in total. The zero-order chi connectivity index (χ0) is 28.6. The van der Waals surface area contributed by atoms with E-state index in [2.05, 4.69) is 0 Å². The number of ketones is 4. The van der Waals surface area contributed by atoms with Crippen molar-refractivity contribution < 1.29 is 19.2 Å². The maximum absolute atomic E-state index is 14.4. The Hall–Kier alpha value is -5.22. The third-order valence-electron chi connectivity index (χ3n) is 7.27. The fourth-order valence-corrected chi connectivity index (χ4v) is 5.27. The molecule has 0 spiro atoms. The van der Waals surface area contributed by atoms with Crippen molar-refractivity contribution in [1.29, 1.82) is 0 Å². The quantitative estimate of drug-likeness (QED) is 0.129. The minimum Gasteiger partial charge on any atom is -0.293 e. The molecule has 4 nitrogen and oxygen atoms in total. The van der Waals surface area contributed by atoms with E-state index in [-0.39, 0.29) is 0 Å². The van der Waals surface area contributed by atoms with Crippen LogP contribution < -0.4 is 0 Å². The summed E-state index contributed by atoms with van der Waals surface area (Å²) in [6.07, 6.45) is 0. The molecule has 0 saturated heterocycles. The maximum atomic E-state index is 14.4. The number of benzene rings is 5. The van der Waals surface area contributed by atoms with Crippen LogP contribution in [0.3, 0.4) is 0 Å². The van der Waals surface area contributed by atoms with E-state index in [1.54, 1.807) is 146 Å². The summed E-state index contributed by atoms with van der Waals surface area (Å²) in [5.74, 6) is -5.53. The van der Waals surface area contributed by atoms with Gasteiger partial charge in [0, 0.05) is 28.2 Å². The first-order valence-electron chi connectivity index (χ1n) is 13.5. The SMILES string of the molecule is O=C(c1ccccc1)C(C(=O)c1ccccc1)C(c1ccccc1)C(C(=O)c1ccccc1)C(=O)c1ccccc1. The Balaban J connectivity index is 1.77. The third-order valence-corrected chi connectivity index (χ3v) is 7.27. The number of Topliss-reactive ketones (excluding diaryl/α,β-unsaturated/α-hetero) is 4. The summed E-state index contributed by atoms with van der Waals surface area (Å²) in [4.78, 5) is 57.4. The van der Waals surface area contributed by atoms with Gasteiger partial charge in [0.05, 0.1) is 11.8 Å². The molecule has 0 unspecified atom stereocenters. The Kier molecular flexibility index (Phi) is 8.51. The van der Waals surface area contributed by atoms with Gasteiger partial charge in [-0.2, -0.15) is 0 Å². The van der Waals surface area contributed by atoms with E-state index in [1.807, 2.05) is 6.07 Å². The molecule has 5 rings (SSSR count). The molecule has 0 atom stereocenters. The van der Waals surface area contributed by atoms with Crippen molar-refractivity contribution in [2.45, 2.75) is 5.92 Å². The van der Waals surface area contributed by atoms with Gasteiger partial charge in [0.2, 0.25) is 0 Å². The van der Waals surface area contributed by atoms with Crippen LogP contribution in [0.25, 0.3) is 0 Å². The lowest BCUT2D eigenvalue weighted by atomic mass is 9.67. The van der Waals surface area contributed by atoms with Crippen LogP contribution >= 0.6 is 0 Å². The monoisotopic (exact) mass is 536 g/mol. The van der Waals surface area contributed by atoms with Crippen LogP contribution in [0.1, 0.15) is 52.9 Å². The first-order valence-corrected chi connectivity index (χ1v) is 13.5. The second-order valence-corrected chi connectivity index (χ2v) is 9.81. The summed E-state index contributed by atoms with van der Waals surface area (Å²) < 4.78 is 0. The molecule has 0 bridgehead atoms. The molecule has 0 aliphatic carbocycles. The molecular formula is C37H28O4. The Morgan fingerprint density at radius 2 is 0.537 bits per heavy atom. The normalized spacial score (nSPS) is 11.0. The average molecular weight is 537 g/mol. The standard InChI is InChI=1S/C37H28O4/c38-34(27-18-8-2-9-19-27)32(35(39)28-20-10-3-11-21-28)31(26-16-6-1-7-17-26)33(36(40)29-22-12-4-13-23-29)37(41)30-24-14-5-15-25-30/h1-25,31-33H. The highest BCUT2D eigenvalue weighted by Crippen LogP contribution is 2.40. The van der Waals surface area contributed by atoms with Crippen molar-refractivity contribution in [3.63, 3.8) is 0 Å². The first-order chi connectivity index (χ1) is 20.1. The van der Waals surface area contributed by atoms with Crippen LogP contribution in [0.2, 0.25) is 0 Å². The fraction of sp³-hybridized carbons (Fsp3) is 0.0811. The molecule has 4 heteroatoms. The zero-order valence-electron chi connectivity index (χ0n) is 22.3. The number of carbonyl (C=O) groups is 4. The van der Waals surface area contributed by atoms with Gasteiger partial charge in [-0.25, -0.2) is 0 Å². The van der Waals surface area contributed by atoms with E-state index in [0.29, 0.717) is 27.8 Å².